The number of fused-ring (bicyclic) bond motifs is 3. The zero-order valence-corrected chi connectivity index (χ0v) is 21.3. The molecule has 0 spiro atoms. The van der Waals surface area contributed by atoms with Crippen molar-refractivity contribution in [3.05, 3.63) is 100 Å². The van der Waals surface area contributed by atoms with Crippen LogP contribution >= 0.6 is 23.5 Å². The number of anilines is 1. The summed E-state index contributed by atoms with van der Waals surface area (Å²) in [6, 6.07) is 24.0. The van der Waals surface area contributed by atoms with E-state index in [1.165, 1.54) is 27.8 Å². The molecule has 0 bridgehead atoms. The van der Waals surface area contributed by atoms with Crippen molar-refractivity contribution in [3.63, 3.8) is 0 Å². The third-order valence-corrected chi connectivity index (χ3v) is 9.50. The first-order valence-corrected chi connectivity index (χ1v) is 14.1. The van der Waals surface area contributed by atoms with E-state index in [9.17, 15) is 9.59 Å². The SMILES string of the molecule is O=C(Nc1ccc(C2SC=CS2)cc1)[C@@H]1CCCN1C(=O)OCC1c2ccccc2-c2ccccc21. The van der Waals surface area contributed by atoms with E-state index >= 15 is 0 Å². The van der Waals surface area contributed by atoms with Gasteiger partial charge in [-0.15, -0.1) is 23.5 Å². The molecule has 0 unspecified atom stereocenters. The van der Waals surface area contributed by atoms with Crippen molar-refractivity contribution < 1.29 is 14.3 Å². The third-order valence-electron chi connectivity index (χ3n) is 7.04. The molecule has 2 heterocycles. The van der Waals surface area contributed by atoms with Gasteiger partial charge >= 0.3 is 6.09 Å². The van der Waals surface area contributed by atoms with Crippen molar-refractivity contribution >= 4 is 41.2 Å². The Morgan fingerprint density at radius 2 is 1.53 bits per heavy atom. The van der Waals surface area contributed by atoms with Crippen molar-refractivity contribution in [1.29, 1.82) is 0 Å². The maximum atomic E-state index is 13.1. The maximum Gasteiger partial charge on any atom is 0.410 e. The summed E-state index contributed by atoms with van der Waals surface area (Å²) in [6.07, 6.45) is 0.993. The number of rotatable bonds is 5. The van der Waals surface area contributed by atoms with E-state index < -0.39 is 12.1 Å². The molecule has 2 amide bonds. The predicted molar refractivity (Wildman–Crippen MR) is 147 cm³/mol. The van der Waals surface area contributed by atoms with Gasteiger partial charge in [-0.1, -0.05) is 60.7 Å². The van der Waals surface area contributed by atoms with Gasteiger partial charge in [-0.05, 0) is 63.6 Å². The largest absolute Gasteiger partial charge is 0.448 e. The van der Waals surface area contributed by atoms with Crippen LogP contribution in [-0.4, -0.2) is 36.1 Å². The van der Waals surface area contributed by atoms with Crippen LogP contribution in [0.5, 0.6) is 0 Å². The minimum Gasteiger partial charge on any atom is -0.448 e. The molecular weight excluding hydrogens is 488 g/mol. The van der Waals surface area contributed by atoms with E-state index in [-0.39, 0.29) is 18.4 Å². The number of nitrogens with zero attached hydrogens (tertiary/aromatic N) is 1. The minimum absolute atomic E-state index is 0.00105. The van der Waals surface area contributed by atoms with Gasteiger partial charge in [0.1, 0.15) is 12.6 Å². The summed E-state index contributed by atoms with van der Waals surface area (Å²) in [5, 5.41) is 7.19. The highest BCUT2D eigenvalue weighted by Crippen LogP contribution is 2.46. The highest BCUT2D eigenvalue weighted by Gasteiger charge is 2.36. The first-order chi connectivity index (χ1) is 17.7. The quantitative estimate of drug-likeness (QED) is 0.398. The lowest BCUT2D eigenvalue weighted by Crippen LogP contribution is -2.43. The molecule has 2 aliphatic heterocycles. The minimum atomic E-state index is -0.523. The number of thioether (sulfide) groups is 2. The zero-order chi connectivity index (χ0) is 24.5. The van der Waals surface area contributed by atoms with E-state index in [0.29, 0.717) is 17.5 Å². The molecular formula is C29H26N2O3S2. The second kappa shape index (κ2) is 10.1. The Kier molecular flexibility index (Phi) is 6.50. The number of ether oxygens (including phenoxy) is 1. The van der Waals surface area contributed by atoms with Crippen LogP contribution in [0.25, 0.3) is 11.1 Å². The van der Waals surface area contributed by atoms with Gasteiger partial charge in [0.2, 0.25) is 5.91 Å². The van der Waals surface area contributed by atoms with Gasteiger partial charge in [-0.3, -0.25) is 9.69 Å². The standard InChI is InChI=1S/C29H26N2O3S2/c32-27(30-20-13-11-19(12-14-20)28-35-16-17-36-28)26-10-5-15-31(26)29(33)34-18-25-23-8-3-1-6-21(23)22-7-2-4-9-24(22)25/h1-4,6-9,11-14,16-17,25-26,28H,5,10,15,18H2,(H,30,32)/t26-/m0/s1. The predicted octanol–water partition coefficient (Wildman–Crippen LogP) is 6.99. The molecule has 1 aliphatic carbocycles. The molecule has 1 saturated heterocycles. The molecule has 3 aromatic carbocycles. The van der Waals surface area contributed by atoms with Crippen LogP contribution in [0.4, 0.5) is 10.5 Å². The van der Waals surface area contributed by atoms with E-state index in [4.69, 9.17) is 4.74 Å². The van der Waals surface area contributed by atoms with Crippen LogP contribution in [0, 0.1) is 0 Å². The van der Waals surface area contributed by atoms with Gasteiger partial charge in [-0.25, -0.2) is 4.79 Å². The molecule has 3 aliphatic rings. The average Bonchev–Trinajstić information content (AvgIpc) is 3.68. The number of carbonyl (C=O) groups excluding carboxylic acids is 2. The number of amides is 2. The number of hydrogen-bond acceptors (Lipinski definition) is 5. The van der Waals surface area contributed by atoms with Crippen LogP contribution in [0.1, 0.15) is 40.0 Å². The highest BCUT2D eigenvalue weighted by atomic mass is 32.2. The molecule has 0 aromatic heterocycles. The number of likely N-dealkylation sites (tertiary alicyclic amines) is 1. The smallest absolute Gasteiger partial charge is 0.410 e. The normalized spacial score (nSPS) is 18.8. The van der Waals surface area contributed by atoms with Gasteiger partial charge < -0.3 is 10.1 Å². The van der Waals surface area contributed by atoms with Crippen LogP contribution < -0.4 is 5.32 Å². The summed E-state index contributed by atoms with van der Waals surface area (Å²) in [7, 11) is 0. The number of benzene rings is 3. The summed E-state index contributed by atoms with van der Waals surface area (Å²) in [4.78, 5) is 27.8. The van der Waals surface area contributed by atoms with Gasteiger partial charge in [0.05, 0.1) is 4.58 Å². The Hall–Kier alpha value is -3.16. The number of nitrogens with one attached hydrogen (secondary N) is 1. The van der Waals surface area contributed by atoms with Crippen LogP contribution in [0.15, 0.2) is 83.6 Å². The Morgan fingerprint density at radius 3 is 2.19 bits per heavy atom. The fourth-order valence-corrected chi connectivity index (χ4v) is 7.35. The van der Waals surface area contributed by atoms with Gasteiger partial charge in [-0.2, -0.15) is 0 Å². The lowest BCUT2D eigenvalue weighted by Gasteiger charge is -2.24. The van der Waals surface area contributed by atoms with Crippen LogP contribution in [0.2, 0.25) is 0 Å². The van der Waals surface area contributed by atoms with Crippen molar-refractivity contribution in [2.24, 2.45) is 0 Å². The average molecular weight is 515 g/mol. The highest BCUT2D eigenvalue weighted by molar-refractivity contribution is 8.21. The Balaban J connectivity index is 1.10. The lowest BCUT2D eigenvalue weighted by atomic mass is 9.98. The second-order valence-electron chi connectivity index (χ2n) is 9.14. The molecule has 6 rings (SSSR count). The lowest BCUT2D eigenvalue weighted by molar-refractivity contribution is -0.120. The summed E-state index contributed by atoms with van der Waals surface area (Å²) in [6.45, 7) is 0.780. The van der Waals surface area contributed by atoms with E-state index in [1.807, 2.05) is 48.5 Å². The summed E-state index contributed by atoms with van der Waals surface area (Å²) < 4.78 is 6.19. The molecule has 7 heteroatoms. The Labute approximate surface area is 219 Å². The molecule has 5 nitrogen and oxygen atoms in total. The van der Waals surface area contributed by atoms with Gasteiger partial charge in [0, 0.05) is 18.2 Å². The third kappa shape index (κ3) is 4.42. The van der Waals surface area contributed by atoms with Crippen molar-refractivity contribution in [2.45, 2.75) is 29.4 Å². The summed E-state index contributed by atoms with van der Waals surface area (Å²) in [5.41, 5.74) is 6.70. The molecule has 0 radical (unpaired) electrons. The zero-order valence-electron chi connectivity index (χ0n) is 19.6. The Bertz CT molecular complexity index is 1270. The molecule has 1 fully saturated rings. The first-order valence-electron chi connectivity index (χ1n) is 12.2. The monoisotopic (exact) mass is 514 g/mol. The molecule has 36 heavy (non-hydrogen) atoms. The fraction of sp³-hybridized carbons (Fsp3) is 0.241. The summed E-state index contributed by atoms with van der Waals surface area (Å²) in [5.74, 6) is -0.166. The van der Waals surface area contributed by atoms with E-state index in [1.54, 1.807) is 28.4 Å². The van der Waals surface area contributed by atoms with Crippen molar-refractivity contribution in [3.8, 4) is 11.1 Å². The first kappa shape index (κ1) is 23.3. The fourth-order valence-electron chi connectivity index (χ4n) is 5.28. The Morgan fingerprint density at radius 1 is 0.889 bits per heavy atom. The van der Waals surface area contributed by atoms with Crippen LogP contribution in [-0.2, 0) is 9.53 Å². The molecule has 0 saturated carbocycles. The molecule has 182 valence electrons. The maximum absolute atomic E-state index is 13.1. The van der Waals surface area contributed by atoms with Crippen molar-refractivity contribution in [2.75, 3.05) is 18.5 Å². The van der Waals surface area contributed by atoms with Gasteiger partial charge in [0.15, 0.2) is 0 Å². The molecule has 3 aromatic rings. The molecule has 1 N–H and O–H groups in total. The number of hydrogen-bond donors (Lipinski definition) is 1. The summed E-state index contributed by atoms with van der Waals surface area (Å²) >= 11 is 3.56. The van der Waals surface area contributed by atoms with Crippen LogP contribution in [0.3, 0.4) is 0 Å². The molecule has 1 atom stereocenters. The topological polar surface area (TPSA) is 58.6 Å². The van der Waals surface area contributed by atoms with Crippen molar-refractivity contribution in [1.82, 2.24) is 4.90 Å². The van der Waals surface area contributed by atoms with E-state index in [0.717, 1.165) is 12.1 Å². The van der Waals surface area contributed by atoms with Gasteiger partial charge in [0.25, 0.3) is 0 Å². The number of carbonyl (C=O) groups is 2. The second-order valence-corrected chi connectivity index (χ2v) is 11.5. The van der Waals surface area contributed by atoms with E-state index in [2.05, 4.69) is 40.4 Å².